The van der Waals surface area contributed by atoms with Crippen molar-refractivity contribution >= 4 is 17.7 Å². The van der Waals surface area contributed by atoms with Gasteiger partial charge in [-0.05, 0) is 39.0 Å². The molecular weight excluding hydrogens is 250 g/mol. The smallest absolute Gasteiger partial charge is 0.327 e. The molecule has 2 fully saturated rings. The van der Waals surface area contributed by atoms with Crippen LogP contribution in [0.15, 0.2) is 0 Å². The average Bonchev–Trinajstić information content (AvgIpc) is 3.11. The van der Waals surface area contributed by atoms with Gasteiger partial charge in [0.15, 0.2) is 0 Å². The van der Waals surface area contributed by atoms with E-state index in [-0.39, 0.29) is 12.1 Å². The third-order valence-electron chi connectivity index (χ3n) is 3.80. The van der Waals surface area contributed by atoms with Crippen molar-refractivity contribution in [2.75, 3.05) is 19.0 Å². The van der Waals surface area contributed by atoms with E-state index in [2.05, 4.69) is 6.92 Å². The predicted molar refractivity (Wildman–Crippen MR) is 72.6 cm³/mol. The molecule has 1 aliphatic carbocycles. The number of ether oxygens (including phenoxy) is 2. The zero-order chi connectivity index (χ0) is 13.2. The number of nitrogens with two attached hydrogens (primary N) is 1. The van der Waals surface area contributed by atoms with Gasteiger partial charge in [-0.2, -0.15) is 11.8 Å². The summed E-state index contributed by atoms with van der Waals surface area (Å²) >= 11 is 1.77. The van der Waals surface area contributed by atoms with Crippen molar-refractivity contribution in [2.24, 2.45) is 11.7 Å². The molecule has 104 valence electrons. The summed E-state index contributed by atoms with van der Waals surface area (Å²) in [7, 11) is 0. The molecule has 1 heterocycles. The molecule has 4 nitrogen and oxygen atoms in total. The molecular formula is C13H23NO3S. The molecule has 0 spiro atoms. The Morgan fingerprint density at radius 3 is 2.72 bits per heavy atom. The SMILES string of the molecule is CCOC(=O)C(N)(CSC1CCOC1C)C1CC1. The van der Waals surface area contributed by atoms with Gasteiger partial charge >= 0.3 is 5.97 Å². The van der Waals surface area contributed by atoms with Gasteiger partial charge in [0.05, 0.1) is 12.7 Å². The third kappa shape index (κ3) is 3.00. The lowest BCUT2D eigenvalue weighted by Crippen LogP contribution is -2.54. The van der Waals surface area contributed by atoms with Crippen molar-refractivity contribution in [3.05, 3.63) is 0 Å². The fourth-order valence-electron chi connectivity index (χ4n) is 2.38. The largest absolute Gasteiger partial charge is 0.465 e. The highest BCUT2D eigenvalue weighted by Gasteiger charge is 2.49. The van der Waals surface area contributed by atoms with Crippen LogP contribution in [0, 0.1) is 5.92 Å². The standard InChI is InChI=1S/C13H23NO3S/c1-3-16-12(15)13(14,10-4-5-10)8-18-11-6-7-17-9(11)2/h9-11H,3-8,14H2,1-2H3. The summed E-state index contributed by atoms with van der Waals surface area (Å²) in [6.45, 7) is 5.13. The molecule has 5 heteroatoms. The zero-order valence-electron chi connectivity index (χ0n) is 11.2. The number of thioether (sulfide) groups is 1. The van der Waals surface area contributed by atoms with Gasteiger partial charge in [0.25, 0.3) is 0 Å². The number of hydrogen-bond acceptors (Lipinski definition) is 5. The van der Waals surface area contributed by atoms with E-state index < -0.39 is 5.54 Å². The Morgan fingerprint density at radius 2 is 2.22 bits per heavy atom. The molecule has 0 aromatic heterocycles. The highest BCUT2D eigenvalue weighted by Crippen LogP contribution is 2.42. The molecule has 2 N–H and O–H groups in total. The van der Waals surface area contributed by atoms with Gasteiger partial charge in [-0.15, -0.1) is 0 Å². The first-order valence-electron chi connectivity index (χ1n) is 6.77. The molecule has 0 amide bonds. The van der Waals surface area contributed by atoms with Crippen LogP contribution in [-0.4, -0.2) is 41.8 Å². The maximum atomic E-state index is 12.0. The first-order chi connectivity index (χ1) is 8.58. The second-order valence-corrected chi connectivity index (χ2v) is 6.48. The van der Waals surface area contributed by atoms with Crippen molar-refractivity contribution in [2.45, 2.75) is 50.0 Å². The monoisotopic (exact) mass is 273 g/mol. The lowest BCUT2D eigenvalue weighted by atomic mass is 9.97. The second-order valence-electron chi connectivity index (χ2n) is 5.25. The Kier molecular flexibility index (Phi) is 4.56. The highest BCUT2D eigenvalue weighted by molar-refractivity contribution is 8.00. The van der Waals surface area contributed by atoms with Gasteiger partial charge in [-0.1, -0.05) is 0 Å². The van der Waals surface area contributed by atoms with Gasteiger partial charge in [0.2, 0.25) is 0 Å². The molecule has 1 aliphatic heterocycles. The van der Waals surface area contributed by atoms with E-state index in [1.54, 1.807) is 11.8 Å². The molecule has 2 rings (SSSR count). The van der Waals surface area contributed by atoms with Crippen molar-refractivity contribution in [1.29, 1.82) is 0 Å². The van der Waals surface area contributed by atoms with Gasteiger partial charge in [0, 0.05) is 17.6 Å². The summed E-state index contributed by atoms with van der Waals surface area (Å²) in [4.78, 5) is 12.0. The van der Waals surface area contributed by atoms with Crippen LogP contribution in [0.25, 0.3) is 0 Å². The van der Waals surface area contributed by atoms with Crippen LogP contribution in [-0.2, 0) is 14.3 Å². The predicted octanol–water partition coefficient (Wildman–Crippen LogP) is 1.57. The lowest BCUT2D eigenvalue weighted by molar-refractivity contribution is -0.149. The number of carbonyl (C=O) groups is 1. The van der Waals surface area contributed by atoms with Crippen LogP contribution in [0.2, 0.25) is 0 Å². The van der Waals surface area contributed by atoms with Crippen molar-refractivity contribution in [3.8, 4) is 0 Å². The highest BCUT2D eigenvalue weighted by atomic mass is 32.2. The number of rotatable bonds is 6. The molecule has 3 unspecified atom stereocenters. The van der Waals surface area contributed by atoms with E-state index in [4.69, 9.17) is 15.2 Å². The van der Waals surface area contributed by atoms with Crippen LogP contribution < -0.4 is 5.73 Å². The molecule has 18 heavy (non-hydrogen) atoms. The lowest BCUT2D eigenvalue weighted by Gasteiger charge is -2.28. The molecule has 0 aromatic carbocycles. The van der Waals surface area contributed by atoms with Crippen LogP contribution in [0.4, 0.5) is 0 Å². The van der Waals surface area contributed by atoms with E-state index in [1.165, 1.54) is 0 Å². The Labute approximate surface area is 113 Å². The summed E-state index contributed by atoms with van der Waals surface area (Å²) in [6.07, 6.45) is 3.41. The van der Waals surface area contributed by atoms with E-state index in [0.29, 0.717) is 23.5 Å². The normalized spacial score (nSPS) is 31.1. The first kappa shape index (κ1) is 14.2. The molecule has 3 atom stereocenters. The van der Waals surface area contributed by atoms with Crippen LogP contribution in [0.1, 0.15) is 33.1 Å². The van der Waals surface area contributed by atoms with E-state index in [9.17, 15) is 4.79 Å². The molecule has 1 saturated carbocycles. The van der Waals surface area contributed by atoms with Gasteiger partial charge in [0.1, 0.15) is 5.54 Å². The fraction of sp³-hybridized carbons (Fsp3) is 0.923. The van der Waals surface area contributed by atoms with E-state index in [0.717, 1.165) is 25.9 Å². The summed E-state index contributed by atoms with van der Waals surface area (Å²) in [6, 6.07) is 0. The maximum absolute atomic E-state index is 12.0. The number of carbonyl (C=O) groups excluding carboxylic acids is 1. The summed E-state index contributed by atoms with van der Waals surface area (Å²) in [5.41, 5.74) is 5.53. The van der Waals surface area contributed by atoms with Gasteiger partial charge in [-0.25, -0.2) is 0 Å². The minimum absolute atomic E-state index is 0.230. The van der Waals surface area contributed by atoms with Crippen LogP contribution in [0.5, 0.6) is 0 Å². The summed E-state index contributed by atoms with van der Waals surface area (Å²) in [5, 5.41) is 0.459. The Balaban J connectivity index is 1.91. The molecule has 0 radical (unpaired) electrons. The van der Waals surface area contributed by atoms with E-state index in [1.807, 2.05) is 6.92 Å². The van der Waals surface area contributed by atoms with Crippen LogP contribution >= 0.6 is 11.8 Å². The quantitative estimate of drug-likeness (QED) is 0.744. The van der Waals surface area contributed by atoms with Gasteiger partial charge in [-0.3, -0.25) is 4.79 Å². The topological polar surface area (TPSA) is 61.5 Å². The molecule has 0 aromatic rings. The Hall–Kier alpha value is -0.260. The van der Waals surface area contributed by atoms with E-state index >= 15 is 0 Å². The summed E-state index contributed by atoms with van der Waals surface area (Å²) in [5.74, 6) is 0.725. The van der Waals surface area contributed by atoms with Crippen LogP contribution in [0.3, 0.4) is 0 Å². The summed E-state index contributed by atoms with van der Waals surface area (Å²) < 4.78 is 10.7. The number of hydrogen-bond donors (Lipinski definition) is 1. The minimum atomic E-state index is -0.789. The zero-order valence-corrected chi connectivity index (χ0v) is 12.0. The Bertz CT molecular complexity index is 309. The molecule has 1 saturated heterocycles. The second kappa shape index (κ2) is 5.80. The first-order valence-corrected chi connectivity index (χ1v) is 7.82. The van der Waals surface area contributed by atoms with Crippen molar-refractivity contribution in [1.82, 2.24) is 0 Å². The maximum Gasteiger partial charge on any atom is 0.327 e. The number of esters is 1. The van der Waals surface area contributed by atoms with Gasteiger partial charge < -0.3 is 15.2 Å². The minimum Gasteiger partial charge on any atom is -0.465 e. The molecule has 0 bridgehead atoms. The fourth-order valence-corrected chi connectivity index (χ4v) is 3.84. The Morgan fingerprint density at radius 1 is 1.50 bits per heavy atom. The molecule has 2 aliphatic rings. The average molecular weight is 273 g/mol. The van der Waals surface area contributed by atoms with Crippen molar-refractivity contribution in [3.63, 3.8) is 0 Å². The third-order valence-corrected chi connectivity index (χ3v) is 5.50. The van der Waals surface area contributed by atoms with Crippen molar-refractivity contribution < 1.29 is 14.3 Å².